The molecular weight excluding hydrogens is 346 g/mol. The van der Waals surface area contributed by atoms with Gasteiger partial charge in [0.2, 0.25) is 0 Å². The van der Waals surface area contributed by atoms with Crippen LogP contribution < -0.4 is 11.3 Å². The molecule has 0 saturated heterocycles. The maximum Gasteiger partial charge on any atom is 0.256 e. The van der Waals surface area contributed by atoms with Crippen molar-refractivity contribution in [2.45, 2.75) is 33.6 Å². The molecule has 4 heteroatoms. The Hall–Kier alpha value is -2.98. The van der Waals surface area contributed by atoms with Crippen molar-refractivity contribution in [1.29, 1.82) is 0 Å². The van der Waals surface area contributed by atoms with E-state index in [2.05, 4.69) is 36.2 Å². The zero-order chi connectivity index (χ0) is 20.0. The van der Waals surface area contributed by atoms with E-state index in [1.165, 1.54) is 5.56 Å². The molecule has 3 N–H and O–H groups in total. The Morgan fingerprint density at radius 3 is 2.39 bits per heavy atom. The SMILES string of the molecule is Cc1nc(C)c2[nH]c(=O)c3c(C)cccc3c2c1-c1ccc(C(C)CN)cc1. The normalized spacial score (nSPS) is 12.6. The molecule has 2 aromatic heterocycles. The number of benzene rings is 2. The number of aryl methyl sites for hydroxylation is 3. The highest BCUT2D eigenvalue weighted by molar-refractivity contribution is 6.14. The molecule has 1 unspecified atom stereocenters. The summed E-state index contributed by atoms with van der Waals surface area (Å²) in [5.41, 5.74) is 12.7. The predicted octanol–water partition coefficient (Wildman–Crippen LogP) is 4.73. The van der Waals surface area contributed by atoms with Crippen LogP contribution in [0.1, 0.15) is 35.4 Å². The van der Waals surface area contributed by atoms with Crippen LogP contribution in [0.4, 0.5) is 0 Å². The van der Waals surface area contributed by atoms with Crippen molar-refractivity contribution in [2.75, 3.05) is 6.54 Å². The number of aromatic nitrogens is 2. The Labute approximate surface area is 164 Å². The minimum atomic E-state index is -0.0626. The standard InChI is InChI=1S/C24H25N3O/c1-13-6-5-7-19-20(13)24(28)27-23-16(4)26-15(3)21(22(19)23)18-10-8-17(9-11-18)14(2)12-25/h5-11,14H,12,25H2,1-4H3,(H,27,28). The van der Waals surface area contributed by atoms with E-state index >= 15 is 0 Å². The molecular formula is C24H25N3O. The number of nitrogens with one attached hydrogen (secondary N) is 1. The van der Waals surface area contributed by atoms with Crippen LogP contribution in [0, 0.1) is 20.8 Å². The molecule has 4 aromatic rings. The first-order chi connectivity index (χ1) is 13.4. The van der Waals surface area contributed by atoms with Gasteiger partial charge in [-0.15, -0.1) is 0 Å². The van der Waals surface area contributed by atoms with E-state index in [-0.39, 0.29) is 5.56 Å². The Balaban J connectivity index is 2.12. The lowest BCUT2D eigenvalue weighted by atomic mass is 9.92. The van der Waals surface area contributed by atoms with Gasteiger partial charge in [0.05, 0.1) is 16.6 Å². The van der Waals surface area contributed by atoms with Gasteiger partial charge in [-0.25, -0.2) is 0 Å². The van der Waals surface area contributed by atoms with Gasteiger partial charge in [0.25, 0.3) is 5.56 Å². The summed E-state index contributed by atoms with van der Waals surface area (Å²) in [5, 5.41) is 2.78. The highest BCUT2D eigenvalue weighted by Gasteiger charge is 2.17. The van der Waals surface area contributed by atoms with Crippen LogP contribution in [0.25, 0.3) is 32.8 Å². The molecule has 0 aliphatic rings. The molecule has 4 rings (SSSR count). The van der Waals surface area contributed by atoms with Crippen molar-refractivity contribution in [1.82, 2.24) is 9.97 Å². The molecule has 0 aliphatic heterocycles. The summed E-state index contributed by atoms with van der Waals surface area (Å²) < 4.78 is 0. The van der Waals surface area contributed by atoms with Gasteiger partial charge in [0, 0.05) is 16.6 Å². The van der Waals surface area contributed by atoms with Gasteiger partial charge in [-0.1, -0.05) is 49.4 Å². The third kappa shape index (κ3) is 2.81. The average Bonchev–Trinajstić information content (AvgIpc) is 2.68. The Morgan fingerprint density at radius 2 is 1.71 bits per heavy atom. The lowest BCUT2D eigenvalue weighted by Gasteiger charge is -2.16. The fourth-order valence-electron chi connectivity index (χ4n) is 4.09. The summed E-state index contributed by atoms with van der Waals surface area (Å²) in [7, 11) is 0. The van der Waals surface area contributed by atoms with Crippen LogP contribution in [0.3, 0.4) is 0 Å². The fourth-order valence-corrected chi connectivity index (χ4v) is 4.09. The first-order valence-corrected chi connectivity index (χ1v) is 9.65. The van der Waals surface area contributed by atoms with Crippen molar-refractivity contribution in [2.24, 2.45) is 5.73 Å². The Kier molecular flexibility index (Phi) is 4.52. The molecule has 28 heavy (non-hydrogen) atoms. The molecule has 0 amide bonds. The molecule has 2 heterocycles. The lowest BCUT2D eigenvalue weighted by Crippen LogP contribution is -2.10. The number of nitrogens with zero attached hydrogens (tertiary/aromatic N) is 1. The molecule has 0 spiro atoms. The maximum absolute atomic E-state index is 12.8. The summed E-state index contributed by atoms with van der Waals surface area (Å²) in [4.78, 5) is 20.6. The highest BCUT2D eigenvalue weighted by Crippen LogP contribution is 2.36. The van der Waals surface area contributed by atoms with Crippen LogP contribution in [0.2, 0.25) is 0 Å². The molecule has 0 aliphatic carbocycles. The third-order valence-corrected chi connectivity index (χ3v) is 5.69. The number of pyridine rings is 2. The topological polar surface area (TPSA) is 71.8 Å². The summed E-state index contributed by atoms with van der Waals surface area (Å²) in [5.74, 6) is 0.322. The average molecular weight is 371 g/mol. The zero-order valence-electron chi connectivity index (χ0n) is 16.8. The number of fused-ring (bicyclic) bond motifs is 3. The Bertz CT molecular complexity index is 1250. The van der Waals surface area contributed by atoms with Crippen molar-refractivity contribution >= 4 is 21.7 Å². The van der Waals surface area contributed by atoms with E-state index in [9.17, 15) is 4.79 Å². The van der Waals surface area contributed by atoms with Gasteiger partial charge in [0.1, 0.15) is 0 Å². The smallest absolute Gasteiger partial charge is 0.256 e. The van der Waals surface area contributed by atoms with Crippen LogP contribution in [-0.4, -0.2) is 16.5 Å². The highest BCUT2D eigenvalue weighted by atomic mass is 16.1. The van der Waals surface area contributed by atoms with E-state index in [4.69, 9.17) is 10.7 Å². The minimum absolute atomic E-state index is 0.0626. The first-order valence-electron chi connectivity index (χ1n) is 9.65. The number of hydrogen-bond acceptors (Lipinski definition) is 3. The van der Waals surface area contributed by atoms with Gasteiger partial charge >= 0.3 is 0 Å². The van der Waals surface area contributed by atoms with Gasteiger partial charge in [-0.2, -0.15) is 0 Å². The molecule has 0 saturated carbocycles. The molecule has 142 valence electrons. The van der Waals surface area contributed by atoms with Gasteiger partial charge in [0.15, 0.2) is 0 Å². The summed E-state index contributed by atoms with van der Waals surface area (Å²) in [6, 6.07) is 14.6. The van der Waals surface area contributed by atoms with Crippen molar-refractivity contribution in [3.05, 3.63) is 75.3 Å². The molecule has 0 bridgehead atoms. The van der Waals surface area contributed by atoms with E-state index in [1.54, 1.807) is 0 Å². The van der Waals surface area contributed by atoms with Gasteiger partial charge < -0.3 is 10.7 Å². The number of hydrogen-bond donors (Lipinski definition) is 2. The van der Waals surface area contributed by atoms with Crippen LogP contribution in [0.15, 0.2) is 47.3 Å². The largest absolute Gasteiger partial charge is 0.330 e. The van der Waals surface area contributed by atoms with Crippen LogP contribution >= 0.6 is 0 Å². The van der Waals surface area contributed by atoms with Gasteiger partial charge in [-0.05, 0) is 55.3 Å². The molecule has 0 fully saturated rings. The fraction of sp³-hybridized carbons (Fsp3) is 0.250. The van der Waals surface area contributed by atoms with E-state index in [1.807, 2.05) is 39.0 Å². The van der Waals surface area contributed by atoms with Gasteiger partial charge in [-0.3, -0.25) is 9.78 Å². The number of H-pyrrole nitrogens is 1. The number of aromatic amines is 1. The van der Waals surface area contributed by atoms with Crippen molar-refractivity contribution in [3.63, 3.8) is 0 Å². The molecule has 4 nitrogen and oxygen atoms in total. The van der Waals surface area contributed by atoms with Crippen LogP contribution in [-0.2, 0) is 0 Å². The first kappa shape index (κ1) is 18.4. The lowest BCUT2D eigenvalue weighted by molar-refractivity contribution is 0.774. The van der Waals surface area contributed by atoms with Crippen molar-refractivity contribution < 1.29 is 0 Å². The van der Waals surface area contributed by atoms with E-state index in [0.717, 1.165) is 49.8 Å². The minimum Gasteiger partial charge on any atom is -0.330 e. The summed E-state index contributed by atoms with van der Waals surface area (Å²) >= 11 is 0. The quantitative estimate of drug-likeness (QED) is 0.511. The second-order valence-electron chi connectivity index (χ2n) is 7.62. The summed E-state index contributed by atoms with van der Waals surface area (Å²) in [6.45, 7) is 8.71. The molecule has 0 radical (unpaired) electrons. The Morgan fingerprint density at radius 1 is 1.00 bits per heavy atom. The predicted molar refractivity (Wildman–Crippen MR) is 117 cm³/mol. The van der Waals surface area contributed by atoms with E-state index in [0.29, 0.717) is 12.5 Å². The van der Waals surface area contributed by atoms with E-state index < -0.39 is 0 Å². The monoisotopic (exact) mass is 371 g/mol. The molecule has 2 aromatic carbocycles. The maximum atomic E-state index is 12.8. The second kappa shape index (κ2) is 6.88. The zero-order valence-corrected chi connectivity index (χ0v) is 16.8. The van der Waals surface area contributed by atoms with Crippen molar-refractivity contribution in [3.8, 4) is 11.1 Å². The van der Waals surface area contributed by atoms with Crippen LogP contribution in [0.5, 0.6) is 0 Å². The molecule has 1 atom stereocenters. The number of nitrogens with two attached hydrogens (primary N) is 1. The third-order valence-electron chi connectivity index (χ3n) is 5.69. The number of rotatable bonds is 3. The summed E-state index contributed by atoms with van der Waals surface area (Å²) in [6.07, 6.45) is 0. The second-order valence-corrected chi connectivity index (χ2v) is 7.62.